The molecule has 0 aliphatic heterocycles. The van der Waals surface area contributed by atoms with Crippen LogP contribution in [0, 0.1) is 6.92 Å². The third-order valence-electron chi connectivity index (χ3n) is 3.29. The summed E-state index contributed by atoms with van der Waals surface area (Å²) < 4.78 is 4.97. The van der Waals surface area contributed by atoms with E-state index < -0.39 is 11.9 Å². The molecule has 0 fully saturated rings. The van der Waals surface area contributed by atoms with E-state index in [1.165, 1.54) is 11.8 Å². The third kappa shape index (κ3) is 5.00. The van der Waals surface area contributed by atoms with Crippen molar-refractivity contribution in [1.29, 1.82) is 0 Å². The van der Waals surface area contributed by atoms with Crippen LogP contribution < -0.4 is 11.1 Å². The number of thiophene rings is 1. The number of amides is 2. The van der Waals surface area contributed by atoms with Crippen LogP contribution in [0.3, 0.4) is 0 Å². The number of hydrogen-bond donors (Lipinski definition) is 2. The molecule has 0 aliphatic carbocycles. The number of carbonyl (C=O) groups is 3. The summed E-state index contributed by atoms with van der Waals surface area (Å²) in [5.41, 5.74) is 5.94. The molecule has 3 N–H and O–H groups in total. The molecule has 0 bridgehead atoms. The lowest BCUT2D eigenvalue weighted by Crippen LogP contribution is -2.18. The lowest BCUT2D eigenvalue weighted by Gasteiger charge is -2.05. The van der Waals surface area contributed by atoms with Crippen LogP contribution in [0.1, 0.15) is 32.5 Å². The summed E-state index contributed by atoms with van der Waals surface area (Å²) in [5.74, 6) is -1.45. The van der Waals surface area contributed by atoms with Crippen molar-refractivity contribution in [2.45, 2.75) is 18.7 Å². The zero-order valence-electron chi connectivity index (χ0n) is 14.1. The van der Waals surface area contributed by atoms with Gasteiger partial charge in [0, 0.05) is 9.92 Å². The molecule has 2 rings (SSSR count). The van der Waals surface area contributed by atoms with E-state index in [4.69, 9.17) is 22.1 Å². The highest BCUT2D eigenvalue weighted by Gasteiger charge is 2.25. The first-order valence-electron chi connectivity index (χ1n) is 7.62. The lowest BCUT2D eigenvalue weighted by atomic mass is 10.1. The van der Waals surface area contributed by atoms with E-state index in [0.29, 0.717) is 10.6 Å². The predicted octanol–water partition coefficient (Wildman–Crippen LogP) is 3.72. The van der Waals surface area contributed by atoms with Crippen LogP contribution in [0.2, 0.25) is 5.02 Å². The minimum absolute atomic E-state index is 0.128. The Morgan fingerprint density at radius 3 is 2.50 bits per heavy atom. The first-order chi connectivity index (χ1) is 12.3. The second-order valence-corrected chi connectivity index (χ2v) is 7.64. The Bertz CT molecular complexity index is 834. The van der Waals surface area contributed by atoms with Gasteiger partial charge >= 0.3 is 5.97 Å². The normalized spacial score (nSPS) is 10.4. The van der Waals surface area contributed by atoms with Crippen molar-refractivity contribution >= 4 is 57.5 Å². The van der Waals surface area contributed by atoms with Crippen LogP contribution in [0.15, 0.2) is 29.2 Å². The van der Waals surface area contributed by atoms with Crippen molar-refractivity contribution in [3.05, 3.63) is 45.3 Å². The summed E-state index contributed by atoms with van der Waals surface area (Å²) in [5, 5.41) is 3.52. The fourth-order valence-electron chi connectivity index (χ4n) is 2.13. The minimum Gasteiger partial charge on any atom is -0.462 e. The summed E-state index contributed by atoms with van der Waals surface area (Å²) in [6.07, 6.45) is 0. The molecule has 0 unspecified atom stereocenters. The smallest absolute Gasteiger partial charge is 0.348 e. The molecule has 0 saturated heterocycles. The zero-order valence-corrected chi connectivity index (χ0v) is 16.5. The number of rotatable bonds is 7. The number of hydrogen-bond acceptors (Lipinski definition) is 6. The van der Waals surface area contributed by atoms with Gasteiger partial charge in [0.1, 0.15) is 9.88 Å². The molecule has 1 heterocycles. The van der Waals surface area contributed by atoms with Gasteiger partial charge in [-0.2, -0.15) is 0 Å². The van der Waals surface area contributed by atoms with E-state index in [9.17, 15) is 14.4 Å². The average Bonchev–Trinajstić information content (AvgIpc) is 2.91. The first kappa shape index (κ1) is 20.3. The Kier molecular flexibility index (Phi) is 7.07. The highest BCUT2D eigenvalue weighted by atomic mass is 35.5. The van der Waals surface area contributed by atoms with Gasteiger partial charge < -0.3 is 15.8 Å². The molecule has 2 amide bonds. The summed E-state index contributed by atoms with van der Waals surface area (Å²) in [4.78, 5) is 37.1. The van der Waals surface area contributed by atoms with Crippen LogP contribution in [0.4, 0.5) is 5.00 Å². The van der Waals surface area contributed by atoms with Crippen LogP contribution in [0.5, 0.6) is 0 Å². The number of nitrogens with two attached hydrogens (primary N) is 1. The van der Waals surface area contributed by atoms with Gasteiger partial charge in [0.25, 0.3) is 5.91 Å². The molecule has 0 aliphatic rings. The van der Waals surface area contributed by atoms with Crippen LogP contribution in [-0.4, -0.2) is 30.1 Å². The van der Waals surface area contributed by atoms with Crippen molar-refractivity contribution in [2.24, 2.45) is 5.73 Å². The molecule has 0 saturated carbocycles. The molecular weight excluding hydrogens is 396 g/mol. The maximum Gasteiger partial charge on any atom is 0.348 e. The van der Waals surface area contributed by atoms with Gasteiger partial charge in [-0.1, -0.05) is 11.6 Å². The molecule has 0 spiro atoms. The molecule has 1 aromatic heterocycles. The number of carbonyl (C=O) groups excluding carboxylic acids is 3. The highest BCUT2D eigenvalue weighted by molar-refractivity contribution is 8.00. The maximum atomic E-state index is 12.2. The number of benzene rings is 1. The Hall–Kier alpha value is -2.03. The summed E-state index contributed by atoms with van der Waals surface area (Å²) in [6.45, 7) is 3.50. The van der Waals surface area contributed by atoms with Crippen LogP contribution >= 0.6 is 34.7 Å². The van der Waals surface area contributed by atoms with Gasteiger partial charge in [0.2, 0.25) is 5.91 Å². The monoisotopic (exact) mass is 412 g/mol. The molecule has 1 aromatic carbocycles. The van der Waals surface area contributed by atoms with E-state index in [2.05, 4.69) is 5.32 Å². The molecule has 0 atom stereocenters. The number of ether oxygens (including phenoxy) is 1. The van der Waals surface area contributed by atoms with E-state index >= 15 is 0 Å². The number of primary amides is 1. The molecular formula is C17H17ClN2O4S2. The Labute approximate surface area is 164 Å². The van der Waals surface area contributed by atoms with Crippen molar-refractivity contribution in [2.75, 3.05) is 17.7 Å². The summed E-state index contributed by atoms with van der Waals surface area (Å²) in [6, 6.07) is 7.09. The Balaban J connectivity index is 2.13. The molecule has 6 nitrogen and oxygen atoms in total. The second kappa shape index (κ2) is 9.07. The summed E-state index contributed by atoms with van der Waals surface area (Å²) in [7, 11) is 0. The van der Waals surface area contributed by atoms with Crippen LogP contribution in [-0.2, 0) is 9.53 Å². The van der Waals surface area contributed by atoms with Crippen molar-refractivity contribution in [1.82, 2.24) is 0 Å². The Morgan fingerprint density at radius 2 is 1.92 bits per heavy atom. The number of nitrogens with one attached hydrogen (secondary N) is 1. The van der Waals surface area contributed by atoms with E-state index in [-0.39, 0.29) is 33.7 Å². The van der Waals surface area contributed by atoms with Crippen LogP contribution in [0.25, 0.3) is 0 Å². The van der Waals surface area contributed by atoms with E-state index in [0.717, 1.165) is 16.2 Å². The first-order valence-corrected chi connectivity index (χ1v) is 9.80. The second-order valence-electron chi connectivity index (χ2n) is 5.14. The summed E-state index contributed by atoms with van der Waals surface area (Å²) >= 11 is 8.13. The number of halogens is 1. The van der Waals surface area contributed by atoms with Crippen molar-refractivity contribution in [3.8, 4) is 0 Å². The van der Waals surface area contributed by atoms with E-state index in [1.54, 1.807) is 26.0 Å². The SMILES string of the molecule is CCOC(=O)c1sc(NC(=O)CSc2ccc(Cl)cc2)c(C(N)=O)c1C. The van der Waals surface area contributed by atoms with Gasteiger partial charge in [-0.05, 0) is 43.7 Å². The number of thioether (sulfide) groups is 1. The zero-order chi connectivity index (χ0) is 19.3. The third-order valence-corrected chi connectivity index (χ3v) is 5.74. The molecule has 2 aromatic rings. The minimum atomic E-state index is -0.713. The highest BCUT2D eigenvalue weighted by Crippen LogP contribution is 2.33. The molecule has 26 heavy (non-hydrogen) atoms. The topological polar surface area (TPSA) is 98.5 Å². The van der Waals surface area contributed by atoms with Gasteiger partial charge in [-0.3, -0.25) is 9.59 Å². The standard InChI is InChI=1S/C17H17ClN2O4S2/c1-3-24-17(23)14-9(2)13(15(19)22)16(26-14)20-12(21)8-25-11-6-4-10(18)5-7-11/h4-7H,3,8H2,1-2H3,(H2,19,22)(H,20,21). The quantitative estimate of drug-likeness (QED) is 0.533. The van der Waals surface area contributed by atoms with E-state index in [1.807, 2.05) is 12.1 Å². The van der Waals surface area contributed by atoms with Crippen molar-refractivity contribution < 1.29 is 19.1 Å². The fraction of sp³-hybridized carbons (Fsp3) is 0.235. The lowest BCUT2D eigenvalue weighted by molar-refractivity contribution is -0.113. The predicted molar refractivity (Wildman–Crippen MR) is 104 cm³/mol. The fourth-order valence-corrected chi connectivity index (χ4v) is 4.08. The Morgan fingerprint density at radius 1 is 1.27 bits per heavy atom. The van der Waals surface area contributed by atoms with Gasteiger partial charge in [0.05, 0.1) is 17.9 Å². The van der Waals surface area contributed by atoms with Gasteiger partial charge in [-0.15, -0.1) is 23.1 Å². The number of anilines is 1. The maximum absolute atomic E-state index is 12.2. The molecule has 138 valence electrons. The van der Waals surface area contributed by atoms with Gasteiger partial charge in [-0.25, -0.2) is 4.79 Å². The van der Waals surface area contributed by atoms with Crippen molar-refractivity contribution in [3.63, 3.8) is 0 Å². The molecule has 9 heteroatoms. The largest absolute Gasteiger partial charge is 0.462 e. The van der Waals surface area contributed by atoms with Gasteiger partial charge in [0.15, 0.2) is 0 Å². The molecule has 0 radical (unpaired) electrons. The average molecular weight is 413 g/mol. The number of esters is 1.